The standard InChI is InChI=1S/C18H15N5O2.ClH/c1-22-16-10-14(6-7-15(16)20-21-22)17(23-9-8-19-11-23)12-2-4-13(5-3-12)18(24)25;/h2-11,17H,1H3,(H,24,25);1H. The molecule has 0 saturated heterocycles. The number of carbonyl (C=O) groups is 1. The van der Waals surface area contributed by atoms with Crippen LogP contribution in [0, 0.1) is 0 Å². The zero-order valence-electron chi connectivity index (χ0n) is 13.9. The van der Waals surface area contributed by atoms with Gasteiger partial charge in [0.1, 0.15) is 5.52 Å². The van der Waals surface area contributed by atoms with E-state index in [0.717, 1.165) is 22.2 Å². The number of halogens is 1. The molecule has 0 fully saturated rings. The molecular formula is C18H16ClN5O2. The maximum atomic E-state index is 11.1. The van der Waals surface area contributed by atoms with Crippen LogP contribution < -0.4 is 0 Å². The van der Waals surface area contributed by atoms with E-state index in [2.05, 4.69) is 15.3 Å². The van der Waals surface area contributed by atoms with Crippen molar-refractivity contribution >= 4 is 29.4 Å². The number of rotatable bonds is 4. The Balaban J connectivity index is 0.00000196. The molecule has 132 valence electrons. The third kappa shape index (κ3) is 3.04. The lowest BCUT2D eigenvalue weighted by molar-refractivity contribution is 0.0697. The van der Waals surface area contributed by atoms with Gasteiger partial charge in [-0.25, -0.2) is 14.5 Å². The molecule has 1 atom stereocenters. The Morgan fingerprint density at radius 1 is 1.12 bits per heavy atom. The molecule has 0 saturated carbocycles. The number of aromatic nitrogens is 5. The topological polar surface area (TPSA) is 85.8 Å². The third-order valence-corrected chi connectivity index (χ3v) is 4.25. The summed E-state index contributed by atoms with van der Waals surface area (Å²) in [5, 5.41) is 17.3. The van der Waals surface area contributed by atoms with Crippen molar-refractivity contribution in [2.75, 3.05) is 0 Å². The maximum Gasteiger partial charge on any atom is 0.335 e. The minimum absolute atomic E-state index is 0. The maximum absolute atomic E-state index is 11.1. The Kier molecular flexibility index (Phi) is 4.73. The molecule has 7 nitrogen and oxygen atoms in total. The number of benzene rings is 2. The summed E-state index contributed by atoms with van der Waals surface area (Å²) >= 11 is 0. The second kappa shape index (κ2) is 6.97. The fourth-order valence-corrected chi connectivity index (χ4v) is 2.98. The van der Waals surface area contributed by atoms with Crippen LogP contribution in [-0.2, 0) is 7.05 Å². The Morgan fingerprint density at radius 2 is 1.85 bits per heavy atom. The van der Waals surface area contributed by atoms with Crippen molar-refractivity contribution in [3.63, 3.8) is 0 Å². The number of nitrogens with zero attached hydrogens (tertiary/aromatic N) is 5. The van der Waals surface area contributed by atoms with Crippen molar-refractivity contribution in [2.45, 2.75) is 6.04 Å². The largest absolute Gasteiger partial charge is 0.478 e. The highest BCUT2D eigenvalue weighted by Gasteiger charge is 2.18. The number of aryl methyl sites for hydroxylation is 1. The summed E-state index contributed by atoms with van der Waals surface area (Å²) in [6.07, 6.45) is 5.37. The van der Waals surface area contributed by atoms with E-state index in [0.29, 0.717) is 0 Å². The van der Waals surface area contributed by atoms with Gasteiger partial charge in [0.05, 0.1) is 23.4 Å². The quantitative estimate of drug-likeness (QED) is 0.597. The third-order valence-electron chi connectivity index (χ3n) is 4.25. The molecule has 0 aliphatic heterocycles. The highest BCUT2D eigenvalue weighted by Crippen LogP contribution is 2.28. The molecule has 0 amide bonds. The number of aromatic carboxylic acids is 1. The van der Waals surface area contributed by atoms with Gasteiger partial charge in [0.25, 0.3) is 0 Å². The Bertz CT molecular complexity index is 1040. The smallest absolute Gasteiger partial charge is 0.335 e. The minimum Gasteiger partial charge on any atom is -0.478 e. The van der Waals surface area contributed by atoms with Gasteiger partial charge < -0.3 is 9.67 Å². The van der Waals surface area contributed by atoms with Crippen molar-refractivity contribution in [3.8, 4) is 0 Å². The van der Waals surface area contributed by atoms with Gasteiger partial charge in [0, 0.05) is 19.4 Å². The molecule has 4 aromatic rings. The first-order valence-electron chi connectivity index (χ1n) is 7.73. The van der Waals surface area contributed by atoms with Gasteiger partial charge in [-0.3, -0.25) is 0 Å². The van der Waals surface area contributed by atoms with Crippen LogP contribution >= 0.6 is 12.4 Å². The van der Waals surface area contributed by atoms with Crippen LogP contribution in [0.4, 0.5) is 0 Å². The molecule has 4 rings (SSSR count). The molecule has 1 N–H and O–H groups in total. The number of carboxylic acid groups (broad SMARTS) is 1. The summed E-state index contributed by atoms with van der Waals surface area (Å²) in [6, 6.07) is 12.8. The lowest BCUT2D eigenvalue weighted by atomic mass is 9.97. The van der Waals surface area contributed by atoms with Gasteiger partial charge in [0.2, 0.25) is 0 Å². The summed E-state index contributed by atoms with van der Waals surface area (Å²) in [7, 11) is 1.85. The molecule has 8 heteroatoms. The summed E-state index contributed by atoms with van der Waals surface area (Å²) in [5.41, 5.74) is 4.04. The molecule has 1 unspecified atom stereocenters. The van der Waals surface area contributed by atoms with Crippen LogP contribution in [0.5, 0.6) is 0 Å². The van der Waals surface area contributed by atoms with Crippen molar-refractivity contribution in [2.24, 2.45) is 7.05 Å². The van der Waals surface area contributed by atoms with Crippen LogP contribution in [-0.4, -0.2) is 35.6 Å². The first-order valence-corrected chi connectivity index (χ1v) is 7.73. The molecule has 0 bridgehead atoms. The lowest BCUT2D eigenvalue weighted by Gasteiger charge is -2.20. The van der Waals surface area contributed by atoms with Gasteiger partial charge >= 0.3 is 5.97 Å². The van der Waals surface area contributed by atoms with Gasteiger partial charge in [0.15, 0.2) is 0 Å². The second-order valence-corrected chi connectivity index (χ2v) is 5.80. The van der Waals surface area contributed by atoms with Crippen molar-refractivity contribution < 1.29 is 9.90 Å². The van der Waals surface area contributed by atoms with Gasteiger partial charge in [-0.1, -0.05) is 23.4 Å². The van der Waals surface area contributed by atoms with Crippen molar-refractivity contribution in [1.29, 1.82) is 0 Å². The van der Waals surface area contributed by atoms with Crippen molar-refractivity contribution in [3.05, 3.63) is 77.9 Å². The zero-order valence-corrected chi connectivity index (χ0v) is 14.7. The van der Waals surface area contributed by atoms with E-state index in [9.17, 15) is 4.79 Å². The normalized spacial score (nSPS) is 11.9. The zero-order chi connectivity index (χ0) is 17.4. The molecule has 0 radical (unpaired) electrons. The van der Waals surface area contributed by atoms with Gasteiger partial charge in [-0.15, -0.1) is 17.5 Å². The van der Waals surface area contributed by atoms with Crippen LogP contribution in [0.25, 0.3) is 11.0 Å². The number of hydrogen-bond acceptors (Lipinski definition) is 4. The van der Waals surface area contributed by atoms with E-state index in [1.807, 2.05) is 48.1 Å². The monoisotopic (exact) mass is 369 g/mol. The van der Waals surface area contributed by atoms with Gasteiger partial charge in [-0.2, -0.15) is 0 Å². The number of hydrogen-bond donors (Lipinski definition) is 1. The highest BCUT2D eigenvalue weighted by atomic mass is 35.5. The molecule has 0 spiro atoms. The van der Waals surface area contributed by atoms with E-state index < -0.39 is 5.97 Å². The number of fused-ring (bicyclic) bond motifs is 1. The van der Waals surface area contributed by atoms with Crippen LogP contribution in [0.1, 0.15) is 27.5 Å². The van der Waals surface area contributed by atoms with Crippen LogP contribution in [0.3, 0.4) is 0 Å². The molecule has 26 heavy (non-hydrogen) atoms. The Hall–Kier alpha value is -3.19. The first kappa shape index (κ1) is 17.6. The second-order valence-electron chi connectivity index (χ2n) is 5.80. The molecule has 2 aromatic heterocycles. The number of imidazole rings is 1. The van der Waals surface area contributed by atoms with Crippen LogP contribution in [0.2, 0.25) is 0 Å². The fourth-order valence-electron chi connectivity index (χ4n) is 2.98. The number of carboxylic acids is 1. The van der Waals surface area contributed by atoms with Crippen LogP contribution in [0.15, 0.2) is 61.2 Å². The van der Waals surface area contributed by atoms with E-state index in [1.165, 1.54) is 0 Å². The average molecular weight is 370 g/mol. The van der Waals surface area contributed by atoms with Gasteiger partial charge in [-0.05, 0) is 35.4 Å². The molecule has 0 aliphatic rings. The molecule has 2 aromatic carbocycles. The Morgan fingerprint density at radius 3 is 2.50 bits per heavy atom. The SMILES string of the molecule is Cl.Cn1nnc2ccc(C(c3ccc(C(=O)O)cc3)n3ccnc3)cc21. The summed E-state index contributed by atoms with van der Waals surface area (Å²) in [4.78, 5) is 15.3. The first-order chi connectivity index (χ1) is 12.1. The average Bonchev–Trinajstić information content (AvgIpc) is 3.27. The molecule has 0 aliphatic carbocycles. The van der Waals surface area contributed by atoms with Crippen molar-refractivity contribution in [1.82, 2.24) is 24.5 Å². The van der Waals surface area contributed by atoms with E-state index in [-0.39, 0.29) is 24.0 Å². The minimum atomic E-state index is -0.937. The predicted octanol–water partition coefficient (Wildman–Crippen LogP) is 2.92. The van der Waals surface area contributed by atoms with E-state index in [4.69, 9.17) is 5.11 Å². The summed E-state index contributed by atoms with van der Waals surface area (Å²) in [6.45, 7) is 0. The van der Waals surface area contributed by atoms with E-state index in [1.54, 1.807) is 29.3 Å². The fraction of sp³-hybridized carbons (Fsp3) is 0.111. The highest BCUT2D eigenvalue weighted by molar-refractivity contribution is 5.87. The van der Waals surface area contributed by atoms with E-state index >= 15 is 0 Å². The molecular weight excluding hydrogens is 354 g/mol. The summed E-state index contributed by atoms with van der Waals surface area (Å²) < 4.78 is 3.72. The Labute approximate surface area is 155 Å². The predicted molar refractivity (Wildman–Crippen MR) is 98.6 cm³/mol. The summed E-state index contributed by atoms with van der Waals surface area (Å²) in [5.74, 6) is -0.937. The lowest BCUT2D eigenvalue weighted by Crippen LogP contribution is -2.11. The molecule has 2 heterocycles.